The highest BCUT2D eigenvalue weighted by Gasteiger charge is 2.52. The number of anilines is 2. The molecule has 1 heterocycles. The Balaban J connectivity index is 1.29. The Hall–Kier alpha value is -3.10. The van der Waals surface area contributed by atoms with Gasteiger partial charge in [-0.1, -0.05) is 13.3 Å². The van der Waals surface area contributed by atoms with Crippen molar-refractivity contribution in [2.75, 3.05) is 17.2 Å². The standard InChI is InChI=1S/C22H29N5O4/c1-2-14-9-11-22(12-10-14)19(29)27(21(31)26-22)13-18(28)23-15-3-5-16(6-4-15)24-20(30)25-17-7-8-17/h3-6,14,17H,2,7-13H2,1H3,(H,23,28)(H,26,31)(H2,24,25,30). The van der Waals surface area contributed by atoms with Crippen LogP contribution < -0.4 is 21.3 Å². The number of nitrogens with one attached hydrogen (secondary N) is 4. The lowest BCUT2D eigenvalue weighted by molar-refractivity contribution is -0.135. The summed E-state index contributed by atoms with van der Waals surface area (Å²) in [7, 11) is 0. The Morgan fingerprint density at radius 2 is 1.65 bits per heavy atom. The fraction of sp³-hybridized carbons (Fsp3) is 0.545. The molecule has 0 bridgehead atoms. The number of carbonyl (C=O) groups is 4. The van der Waals surface area contributed by atoms with E-state index in [9.17, 15) is 19.2 Å². The highest BCUT2D eigenvalue weighted by atomic mass is 16.2. The van der Waals surface area contributed by atoms with Gasteiger partial charge in [-0.05, 0) is 68.7 Å². The zero-order valence-corrected chi connectivity index (χ0v) is 17.7. The number of amides is 6. The first-order chi connectivity index (χ1) is 14.9. The lowest BCUT2D eigenvalue weighted by Gasteiger charge is -2.34. The van der Waals surface area contributed by atoms with Crippen molar-refractivity contribution in [2.24, 2.45) is 5.92 Å². The van der Waals surface area contributed by atoms with Crippen LogP contribution in [-0.2, 0) is 9.59 Å². The molecular weight excluding hydrogens is 398 g/mol. The van der Waals surface area contributed by atoms with Crippen LogP contribution in [0, 0.1) is 5.92 Å². The minimum Gasteiger partial charge on any atom is -0.335 e. The van der Waals surface area contributed by atoms with E-state index in [1.807, 2.05) is 0 Å². The molecule has 3 aliphatic rings. The Morgan fingerprint density at radius 1 is 1.03 bits per heavy atom. The third-order valence-corrected chi connectivity index (χ3v) is 6.42. The molecular formula is C22H29N5O4. The van der Waals surface area contributed by atoms with Crippen molar-refractivity contribution in [1.29, 1.82) is 0 Å². The fourth-order valence-electron chi connectivity index (χ4n) is 4.30. The summed E-state index contributed by atoms with van der Waals surface area (Å²) in [5, 5.41) is 11.1. The lowest BCUT2D eigenvalue weighted by Crippen LogP contribution is -2.49. The predicted octanol–water partition coefficient (Wildman–Crippen LogP) is 2.80. The van der Waals surface area contributed by atoms with Crippen molar-refractivity contribution in [2.45, 2.75) is 63.5 Å². The normalized spacial score (nSPS) is 25.3. The number of hydrogen-bond donors (Lipinski definition) is 4. The molecule has 1 aromatic carbocycles. The van der Waals surface area contributed by atoms with Gasteiger partial charge >= 0.3 is 12.1 Å². The summed E-state index contributed by atoms with van der Waals surface area (Å²) in [5.41, 5.74) is 0.274. The third kappa shape index (κ3) is 4.81. The summed E-state index contributed by atoms with van der Waals surface area (Å²) in [5.74, 6) is -0.164. The van der Waals surface area contributed by atoms with E-state index in [1.165, 1.54) is 0 Å². The molecule has 0 atom stereocenters. The molecule has 9 heteroatoms. The summed E-state index contributed by atoms with van der Waals surface area (Å²) in [6.45, 7) is 1.81. The maximum atomic E-state index is 12.9. The van der Waals surface area contributed by atoms with Gasteiger partial charge in [0.05, 0.1) is 0 Å². The summed E-state index contributed by atoms with van der Waals surface area (Å²) in [6, 6.07) is 6.18. The summed E-state index contributed by atoms with van der Waals surface area (Å²) < 4.78 is 0. The van der Waals surface area contributed by atoms with Crippen molar-refractivity contribution < 1.29 is 19.2 Å². The second kappa shape index (κ2) is 8.56. The molecule has 31 heavy (non-hydrogen) atoms. The van der Waals surface area contributed by atoms with Crippen LogP contribution in [0.15, 0.2) is 24.3 Å². The molecule has 1 saturated heterocycles. The van der Waals surface area contributed by atoms with E-state index in [0.29, 0.717) is 30.1 Å². The Labute approximate surface area is 181 Å². The van der Waals surface area contributed by atoms with Crippen LogP contribution in [0.5, 0.6) is 0 Å². The topological polar surface area (TPSA) is 120 Å². The van der Waals surface area contributed by atoms with E-state index in [0.717, 1.165) is 37.0 Å². The minimum absolute atomic E-state index is 0.250. The number of urea groups is 2. The van der Waals surface area contributed by atoms with Crippen molar-refractivity contribution >= 4 is 35.3 Å². The highest BCUT2D eigenvalue weighted by molar-refractivity contribution is 6.10. The first-order valence-corrected chi connectivity index (χ1v) is 11.0. The van der Waals surface area contributed by atoms with Crippen molar-refractivity contribution in [3.63, 3.8) is 0 Å². The van der Waals surface area contributed by atoms with Crippen molar-refractivity contribution in [3.05, 3.63) is 24.3 Å². The molecule has 1 spiro atoms. The molecule has 0 aromatic heterocycles. The number of nitrogens with zero attached hydrogens (tertiary/aromatic N) is 1. The van der Waals surface area contributed by atoms with Crippen LogP contribution in [0.2, 0.25) is 0 Å². The minimum atomic E-state index is -0.850. The van der Waals surface area contributed by atoms with Gasteiger partial charge in [0.25, 0.3) is 5.91 Å². The quantitative estimate of drug-likeness (QED) is 0.522. The second-order valence-electron chi connectivity index (χ2n) is 8.75. The van der Waals surface area contributed by atoms with Gasteiger partial charge < -0.3 is 21.3 Å². The summed E-state index contributed by atoms with van der Waals surface area (Å²) in [6.07, 6.45) is 6.15. The molecule has 4 N–H and O–H groups in total. The van der Waals surface area contributed by atoms with Gasteiger partial charge in [-0.2, -0.15) is 0 Å². The van der Waals surface area contributed by atoms with E-state index in [1.54, 1.807) is 24.3 Å². The van der Waals surface area contributed by atoms with Crippen LogP contribution >= 0.6 is 0 Å². The Bertz CT molecular complexity index is 872. The average molecular weight is 428 g/mol. The first kappa shape index (κ1) is 21.1. The second-order valence-corrected chi connectivity index (χ2v) is 8.75. The number of imide groups is 1. The number of carbonyl (C=O) groups excluding carboxylic acids is 4. The molecule has 0 unspecified atom stereocenters. The highest BCUT2D eigenvalue weighted by Crippen LogP contribution is 2.37. The largest absolute Gasteiger partial charge is 0.335 e. The van der Waals surface area contributed by atoms with Crippen LogP contribution in [-0.4, -0.2) is 46.9 Å². The maximum absolute atomic E-state index is 12.9. The van der Waals surface area contributed by atoms with Gasteiger partial charge in [-0.3, -0.25) is 14.5 Å². The van der Waals surface area contributed by atoms with Gasteiger partial charge in [-0.15, -0.1) is 0 Å². The molecule has 1 aliphatic heterocycles. The zero-order chi connectivity index (χ0) is 22.0. The van der Waals surface area contributed by atoms with E-state index in [4.69, 9.17) is 0 Å². The Morgan fingerprint density at radius 3 is 2.23 bits per heavy atom. The van der Waals surface area contributed by atoms with Crippen molar-refractivity contribution in [1.82, 2.24) is 15.5 Å². The maximum Gasteiger partial charge on any atom is 0.325 e. The monoisotopic (exact) mass is 427 g/mol. The number of hydrogen-bond acceptors (Lipinski definition) is 4. The van der Waals surface area contributed by atoms with Crippen LogP contribution in [0.1, 0.15) is 51.9 Å². The smallest absolute Gasteiger partial charge is 0.325 e. The third-order valence-electron chi connectivity index (χ3n) is 6.42. The average Bonchev–Trinajstić information content (AvgIpc) is 3.53. The van der Waals surface area contributed by atoms with Crippen LogP contribution in [0.3, 0.4) is 0 Å². The molecule has 2 saturated carbocycles. The van der Waals surface area contributed by atoms with Gasteiger partial charge in [0.2, 0.25) is 5.91 Å². The molecule has 4 rings (SSSR count). The van der Waals surface area contributed by atoms with Gasteiger partial charge in [0.1, 0.15) is 12.1 Å². The Kier molecular flexibility index (Phi) is 5.84. The predicted molar refractivity (Wildman–Crippen MR) is 115 cm³/mol. The van der Waals surface area contributed by atoms with Crippen LogP contribution in [0.4, 0.5) is 21.0 Å². The van der Waals surface area contributed by atoms with Gasteiger partial charge in [-0.25, -0.2) is 9.59 Å². The SMILES string of the molecule is CCC1CCC2(CC1)NC(=O)N(CC(=O)Nc1ccc(NC(=O)NC3CC3)cc1)C2=O. The summed E-state index contributed by atoms with van der Waals surface area (Å²) >= 11 is 0. The summed E-state index contributed by atoms with van der Waals surface area (Å²) in [4.78, 5) is 50.6. The van der Waals surface area contributed by atoms with E-state index < -0.39 is 17.5 Å². The molecule has 6 amide bonds. The number of benzene rings is 1. The molecule has 1 aromatic rings. The van der Waals surface area contributed by atoms with E-state index in [2.05, 4.69) is 28.2 Å². The van der Waals surface area contributed by atoms with E-state index in [-0.39, 0.29) is 24.5 Å². The van der Waals surface area contributed by atoms with Gasteiger partial charge in [0, 0.05) is 17.4 Å². The fourth-order valence-corrected chi connectivity index (χ4v) is 4.30. The van der Waals surface area contributed by atoms with Crippen molar-refractivity contribution in [3.8, 4) is 0 Å². The van der Waals surface area contributed by atoms with Crippen LogP contribution in [0.25, 0.3) is 0 Å². The molecule has 9 nitrogen and oxygen atoms in total. The van der Waals surface area contributed by atoms with Gasteiger partial charge in [0.15, 0.2) is 0 Å². The molecule has 166 valence electrons. The lowest BCUT2D eigenvalue weighted by atomic mass is 9.75. The molecule has 3 fully saturated rings. The zero-order valence-electron chi connectivity index (χ0n) is 17.7. The first-order valence-electron chi connectivity index (χ1n) is 11.0. The number of rotatable bonds is 6. The molecule has 2 aliphatic carbocycles. The van der Waals surface area contributed by atoms with E-state index >= 15 is 0 Å². The molecule has 0 radical (unpaired) electrons.